The molecule has 0 radical (unpaired) electrons. The SMILES string of the molecule is NC1CC(NC(=O)c2cccc3nccnc23)C1. The summed E-state index contributed by atoms with van der Waals surface area (Å²) in [5.41, 5.74) is 7.64. The summed E-state index contributed by atoms with van der Waals surface area (Å²) in [7, 11) is 0. The number of para-hydroxylation sites is 1. The average Bonchev–Trinajstić information content (AvgIpc) is 2.36. The lowest BCUT2D eigenvalue weighted by Gasteiger charge is -2.32. The highest BCUT2D eigenvalue weighted by Crippen LogP contribution is 2.19. The van der Waals surface area contributed by atoms with E-state index in [-0.39, 0.29) is 18.0 Å². The van der Waals surface area contributed by atoms with E-state index in [1.54, 1.807) is 18.5 Å². The third-order valence-electron chi connectivity index (χ3n) is 3.25. The van der Waals surface area contributed by atoms with Gasteiger partial charge in [-0.3, -0.25) is 14.8 Å². The number of nitrogens with two attached hydrogens (primary N) is 1. The van der Waals surface area contributed by atoms with E-state index in [2.05, 4.69) is 15.3 Å². The van der Waals surface area contributed by atoms with Crippen LogP contribution in [-0.2, 0) is 0 Å². The summed E-state index contributed by atoms with van der Waals surface area (Å²) in [6.45, 7) is 0. The van der Waals surface area contributed by atoms with Crippen LogP contribution >= 0.6 is 0 Å². The molecule has 0 bridgehead atoms. The normalized spacial score (nSPS) is 22.5. The summed E-state index contributed by atoms with van der Waals surface area (Å²) in [6, 6.07) is 5.85. The molecular formula is C13H14N4O. The molecule has 5 heteroatoms. The monoisotopic (exact) mass is 242 g/mol. The number of hydrogen-bond acceptors (Lipinski definition) is 4. The molecule has 0 spiro atoms. The summed E-state index contributed by atoms with van der Waals surface area (Å²) in [6.07, 6.45) is 4.91. The van der Waals surface area contributed by atoms with Crippen molar-refractivity contribution in [3.8, 4) is 0 Å². The molecule has 3 N–H and O–H groups in total. The molecule has 3 rings (SSSR count). The number of nitrogens with one attached hydrogen (secondary N) is 1. The van der Waals surface area contributed by atoms with Crippen molar-refractivity contribution in [2.24, 2.45) is 5.73 Å². The molecule has 1 aromatic carbocycles. The molecule has 1 aliphatic rings. The van der Waals surface area contributed by atoms with E-state index in [1.165, 1.54) is 0 Å². The minimum atomic E-state index is -0.0991. The van der Waals surface area contributed by atoms with Gasteiger partial charge in [-0.2, -0.15) is 0 Å². The Hall–Kier alpha value is -2.01. The van der Waals surface area contributed by atoms with E-state index in [1.807, 2.05) is 12.1 Å². The lowest BCUT2D eigenvalue weighted by atomic mass is 9.87. The third-order valence-corrected chi connectivity index (χ3v) is 3.25. The van der Waals surface area contributed by atoms with Crippen LogP contribution in [0.1, 0.15) is 23.2 Å². The fourth-order valence-electron chi connectivity index (χ4n) is 2.22. The first kappa shape index (κ1) is 11.1. The van der Waals surface area contributed by atoms with Gasteiger partial charge in [-0.25, -0.2) is 0 Å². The van der Waals surface area contributed by atoms with E-state index < -0.39 is 0 Å². The molecule has 1 aromatic heterocycles. The van der Waals surface area contributed by atoms with Gasteiger partial charge in [-0.15, -0.1) is 0 Å². The molecule has 2 aromatic rings. The number of carbonyl (C=O) groups excluding carboxylic acids is 1. The van der Waals surface area contributed by atoms with Gasteiger partial charge in [-0.1, -0.05) is 6.07 Å². The van der Waals surface area contributed by atoms with Crippen molar-refractivity contribution in [3.63, 3.8) is 0 Å². The minimum absolute atomic E-state index is 0.0991. The highest BCUT2D eigenvalue weighted by Gasteiger charge is 2.27. The standard InChI is InChI=1S/C13H14N4O/c14-8-6-9(7-8)17-13(18)10-2-1-3-11-12(10)16-5-4-15-11/h1-5,8-9H,6-7,14H2,(H,17,18). The second-order valence-corrected chi connectivity index (χ2v) is 4.63. The molecule has 0 saturated heterocycles. The third kappa shape index (κ3) is 1.93. The molecule has 5 nitrogen and oxygen atoms in total. The average molecular weight is 242 g/mol. The molecule has 1 fully saturated rings. The van der Waals surface area contributed by atoms with E-state index in [4.69, 9.17) is 5.73 Å². The summed E-state index contributed by atoms with van der Waals surface area (Å²) >= 11 is 0. The van der Waals surface area contributed by atoms with Crippen molar-refractivity contribution in [3.05, 3.63) is 36.2 Å². The van der Waals surface area contributed by atoms with Crippen molar-refractivity contribution >= 4 is 16.9 Å². The first-order chi connectivity index (χ1) is 8.74. The van der Waals surface area contributed by atoms with Crippen molar-refractivity contribution in [2.75, 3.05) is 0 Å². The number of fused-ring (bicyclic) bond motifs is 1. The van der Waals surface area contributed by atoms with Gasteiger partial charge in [-0.05, 0) is 25.0 Å². The van der Waals surface area contributed by atoms with Gasteiger partial charge >= 0.3 is 0 Å². The fraction of sp³-hybridized carbons (Fsp3) is 0.308. The maximum absolute atomic E-state index is 12.1. The summed E-state index contributed by atoms with van der Waals surface area (Å²) < 4.78 is 0. The van der Waals surface area contributed by atoms with Gasteiger partial charge in [0, 0.05) is 24.5 Å². The maximum Gasteiger partial charge on any atom is 0.253 e. The summed E-state index contributed by atoms with van der Waals surface area (Å²) in [4.78, 5) is 20.6. The molecule has 0 aliphatic heterocycles. The number of benzene rings is 1. The zero-order chi connectivity index (χ0) is 12.5. The predicted octanol–water partition coefficient (Wildman–Crippen LogP) is 0.849. The Balaban J connectivity index is 1.87. The van der Waals surface area contributed by atoms with Crippen LogP contribution < -0.4 is 11.1 Å². The Bertz CT molecular complexity index is 587. The van der Waals surface area contributed by atoms with Crippen molar-refractivity contribution in [1.29, 1.82) is 0 Å². The van der Waals surface area contributed by atoms with Crippen LogP contribution in [0.25, 0.3) is 11.0 Å². The molecular weight excluding hydrogens is 228 g/mol. The van der Waals surface area contributed by atoms with E-state index in [9.17, 15) is 4.79 Å². The lowest BCUT2D eigenvalue weighted by molar-refractivity contribution is 0.0912. The molecule has 0 unspecified atom stereocenters. The smallest absolute Gasteiger partial charge is 0.253 e. The highest BCUT2D eigenvalue weighted by atomic mass is 16.1. The number of amides is 1. The molecule has 0 atom stereocenters. The zero-order valence-corrected chi connectivity index (χ0v) is 9.84. The second-order valence-electron chi connectivity index (χ2n) is 4.63. The van der Waals surface area contributed by atoms with E-state index >= 15 is 0 Å². The van der Waals surface area contributed by atoms with Crippen molar-refractivity contribution < 1.29 is 4.79 Å². The van der Waals surface area contributed by atoms with Crippen molar-refractivity contribution in [2.45, 2.75) is 24.9 Å². The van der Waals surface area contributed by atoms with Crippen LogP contribution in [0.5, 0.6) is 0 Å². The van der Waals surface area contributed by atoms with Crippen LogP contribution in [-0.4, -0.2) is 28.0 Å². The molecule has 92 valence electrons. The Morgan fingerprint density at radius 3 is 2.83 bits per heavy atom. The number of nitrogens with zero attached hydrogens (tertiary/aromatic N) is 2. The number of aromatic nitrogens is 2. The largest absolute Gasteiger partial charge is 0.349 e. The Kier molecular flexibility index (Phi) is 2.68. The van der Waals surface area contributed by atoms with Crippen LogP contribution in [0.3, 0.4) is 0 Å². The van der Waals surface area contributed by atoms with Crippen LogP contribution in [0, 0.1) is 0 Å². The van der Waals surface area contributed by atoms with Crippen LogP contribution in [0.4, 0.5) is 0 Å². The fourth-order valence-corrected chi connectivity index (χ4v) is 2.22. The van der Waals surface area contributed by atoms with Gasteiger partial charge in [0.25, 0.3) is 5.91 Å². The highest BCUT2D eigenvalue weighted by molar-refractivity contribution is 6.04. The lowest BCUT2D eigenvalue weighted by Crippen LogP contribution is -2.50. The number of rotatable bonds is 2. The van der Waals surface area contributed by atoms with Gasteiger partial charge in [0.2, 0.25) is 0 Å². The molecule has 1 saturated carbocycles. The Labute approximate surface area is 104 Å². The number of carbonyl (C=O) groups is 1. The molecule has 1 aliphatic carbocycles. The quantitative estimate of drug-likeness (QED) is 0.818. The van der Waals surface area contributed by atoms with Gasteiger partial charge in [0.1, 0.15) is 5.52 Å². The second kappa shape index (κ2) is 4.34. The molecule has 18 heavy (non-hydrogen) atoms. The maximum atomic E-state index is 12.1. The van der Waals surface area contributed by atoms with Crippen molar-refractivity contribution in [1.82, 2.24) is 15.3 Å². The summed E-state index contributed by atoms with van der Waals surface area (Å²) in [5, 5.41) is 2.97. The Morgan fingerprint density at radius 1 is 1.28 bits per heavy atom. The minimum Gasteiger partial charge on any atom is -0.349 e. The van der Waals surface area contributed by atoms with Gasteiger partial charge in [0.05, 0.1) is 11.1 Å². The number of hydrogen-bond donors (Lipinski definition) is 2. The van der Waals surface area contributed by atoms with Crippen LogP contribution in [0.15, 0.2) is 30.6 Å². The first-order valence-corrected chi connectivity index (χ1v) is 6.00. The molecule has 1 heterocycles. The zero-order valence-electron chi connectivity index (χ0n) is 9.84. The van der Waals surface area contributed by atoms with Gasteiger partial charge < -0.3 is 11.1 Å². The first-order valence-electron chi connectivity index (χ1n) is 6.00. The van der Waals surface area contributed by atoms with E-state index in [0.29, 0.717) is 11.1 Å². The van der Waals surface area contributed by atoms with E-state index in [0.717, 1.165) is 18.4 Å². The predicted molar refractivity (Wildman–Crippen MR) is 68.0 cm³/mol. The Morgan fingerprint density at radius 2 is 2.06 bits per heavy atom. The molecule has 1 amide bonds. The topological polar surface area (TPSA) is 80.9 Å². The van der Waals surface area contributed by atoms with Gasteiger partial charge in [0.15, 0.2) is 0 Å². The van der Waals surface area contributed by atoms with Crippen LogP contribution in [0.2, 0.25) is 0 Å². The summed E-state index contributed by atoms with van der Waals surface area (Å²) in [5.74, 6) is -0.0991.